The number of carbonyl (C=O) groups excluding carboxylic acids is 1. The fourth-order valence-electron chi connectivity index (χ4n) is 1.20. The summed E-state index contributed by atoms with van der Waals surface area (Å²) in [5, 5.41) is 12.7. The average molecular weight is 257 g/mol. The predicted molar refractivity (Wildman–Crippen MR) is 69.1 cm³/mol. The van der Waals surface area contributed by atoms with Crippen LogP contribution in [0.4, 0.5) is 5.69 Å². The molecule has 0 radical (unpaired) electrons. The third-order valence-electron chi connectivity index (χ3n) is 2.74. The first-order chi connectivity index (χ1) is 7.74. The minimum atomic E-state index is -0.719. The number of hydrogen-bond donors (Lipinski definition) is 3. The van der Waals surface area contributed by atoms with Crippen LogP contribution in [0.3, 0.4) is 0 Å². The SMILES string of the molecule is CC(O)C(C)(C)NC(=O)c1ccc(Cl)cc1N. The first kappa shape index (κ1) is 13.8. The summed E-state index contributed by atoms with van der Waals surface area (Å²) in [5.74, 6) is -0.329. The molecule has 1 aromatic carbocycles. The fraction of sp³-hybridized carbons (Fsp3) is 0.417. The number of benzene rings is 1. The number of aliphatic hydroxyl groups excluding tert-OH is 1. The molecule has 5 heteroatoms. The first-order valence-electron chi connectivity index (χ1n) is 5.29. The van der Waals surface area contributed by atoms with E-state index in [2.05, 4.69) is 5.32 Å². The highest BCUT2D eigenvalue weighted by Crippen LogP contribution is 2.19. The van der Waals surface area contributed by atoms with Crippen molar-refractivity contribution in [3.8, 4) is 0 Å². The number of nitrogens with one attached hydrogen (secondary N) is 1. The van der Waals surface area contributed by atoms with Gasteiger partial charge in [0.15, 0.2) is 0 Å². The highest BCUT2D eigenvalue weighted by Gasteiger charge is 2.27. The standard InChI is InChI=1S/C12H17ClN2O2/c1-7(16)12(2,3)15-11(17)9-5-4-8(13)6-10(9)14/h4-7,16H,14H2,1-3H3,(H,15,17). The number of anilines is 1. The van der Waals surface area contributed by atoms with E-state index in [1.165, 1.54) is 6.07 Å². The minimum Gasteiger partial charge on any atom is -0.398 e. The Kier molecular flexibility index (Phi) is 4.01. The van der Waals surface area contributed by atoms with Crippen molar-refractivity contribution in [2.75, 3.05) is 5.73 Å². The van der Waals surface area contributed by atoms with Gasteiger partial charge in [0.1, 0.15) is 0 Å². The molecule has 0 aromatic heterocycles. The van der Waals surface area contributed by atoms with E-state index in [1.54, 1.807) is 32.9 Å². The number of halogens is 1. The van der Waals surface area contributed by atoms with E-state index < -0.39 is 11.6 Å². The minimum absolute atomic E-state index is 0.316. The van der Waals surface area contributed by atoms with Crippen LogP contribution in [0.5, 0.6) is 0 Å². The second-order valence-electron chi connectivity index (χ2n) is 4.58. The summed E-state index contributed by atoms with van der Waals surface area (Å²) in [4.78, 5) is 12.0. The molecule has 0 aliphatic carbocycles. The Morgan fingerprint density at radius 3 is 2.59 bits per heavy atom. The lowest BCUT2D eigenvalue weighted by Crippen LogP contribution is -2.51. The molecular formula is C12H17ClN2O2. The number of aliphatic hydroxyl groups is 1. The maximum atomic E-state index is 12.0. The summed E-state index contributed by atoms with van der Waals surface area (Å²) >= 11 is 5.75. The fourth-order valence-corrected chi connectivity index (χ4v) is 1.39. The lowest BCUT2D eigenvalue weighted by Gasteiger charge is -2.29. The summed E-state index contributed by atoms with van der Waals surface area (Å²) in [6, 6.07) is 4.68. The highest BCUT2D eigenvalue weighted by molar-refractivity contribution is 6.31. The zero-order valence-corrected chi connectivity index (χ0v) is 10.9. The molecule has 1 atom stereocenters. The molecule has 4 nitrogen and oxygen atoms in total. The van der Waals surface area contributed by atoms with Crippen molar-refractivity contribution in [3.63, 3.8) is 0 Å². The quantitative estimate of drug-likeness (QED) is 0.722. The third kappa shape index (κ3) is 3.35. The lowest BCUT2D eigenvalue weighted by molar-refractivity contribution is 0.0710. The van der Waals surface area contributed by atoms with E-state index in [9.17, 15) is 9.90 Å². The van der Waals surface area contributed by atoms with Crippen LogP contribution in [-0.2, 0) is 0 Å². The number of nitrogens with two attached hydrogens (primary N) is 1. The van der Waals surface area contributed by atoms with Gasteiger partial charge in [-0.3, -0.25) is 4.79 Å². The number of carbonyl (C=O) groups is 1. The van der Waals surface area contributed by atoms with Crippen molar-refractivity contribution < 1.29 is 9.90 Å². The maximum absolute atomic E-state index is 12.0. The molecule has 0 aliphatic heterocycles. The Balaban J connectivity index is 2.91. The number of amides is 1. The van der Waals surface area contributed by atoms with Crippen LogP contribution >= 0.6 is 11.6 Å². The predicted octanol–water partition coefficient (Wildman–Crippen LogP) is 1.81. The van der Waals surface area contributed by atoms with E-state index in [4.69, 9.17) is 17.3 Å². The molecule has 0 heterocycles. The molecule has 1 aromatic rings. The lowest BCUT2D eigenvalue weighted by atomic mass is 9.98. The molecule has 0 fully saturated rings. The van der Waals surface area contributed by atoms with Gasteiger partial charge in [0, 0.05) is 10.7 Å². The smallest absolute Gasteiger partial charge is 0.253 e. The molecule has 17 heavy (non-hydrogen) atoms. The first-order valence-corrected chi connectivity index (χ1v) is 5.67. The molecular weight excluding hydrogens is 240 g/mol. The van der Waals surface area contributed by atoms with Crippen LogP contribution in [0, 0.1) is 0 Å². The largest absolute Gasteiger partial charge is 0.398 e. The molecule has 0 aliphatic rings. The molecule has 0 saturated heterocycles. The summed E-state index contributed by atoms with van der Waals surface area (Å²) in [5.41, 5.74) is 5.66. The van der Waals surface area contributed by atoms with Gasteiger partial charge in [0.05, 0.1) is 17.2 Å². The molecule has 0 bridgehead atoms. The second-order valence-corrected chi connectivity index (χ2v) is 5.02. The summed E-state index contributed by atoms with van der Waals surface area (Å²) in [7, 11) is 0. The van der Waals surface area contributed by atoms with Gasteiger partial charge < -0.3 is 16.2 Å². The number of rotatable bonds is 3. The van der Waals surface area contributed by atoms with Crippen LogP contribution in [0.15, 0.2) is 18.2 Å². The van der Waals surface area contributed by atoms with E-state index >= 15 is 0 Å². The molecule has 1 amide bonds. The normalized spacial score (nSPS) is 13.2. The molecule has 1 rings (SSSR count). The van der Waals surface area contributed by atoms with Crippen LogP contribution in [0.25, 0.3) is 0 Å². The van der Waals surface area contributed by atoms with Gasteiger partial charge in [0.25, 0.3) is 5.91 Å². The Labute approximate surface area is 106 Å². The van der Waals surface area contributed by atoms with E-state index in [0.29, 0.717) is 16.3 Å². The Bertz CT molecular complexity index is 431. The van der Waals surface area contributed by atoms with Crippen LogP contribution in [0.1, 0.15) is 31.1 Å². The van der Waals surface area contributed by atoms with E-state index in [0.717, 1.165) is 0 Å². The van der Waals surface area contributed by atoms with Gasteiger partial charge in [-0.05, 0) is 39.0 Å². The maximum Gasteiger partial charge on any atom is 0.253 e. The van der Waals surface area contributed by atoms with Crippen LogP contribution < -0.4 is 11.1 Å². The molecule has 0 saturated carbocycles. The summed E-state index contributed by atoms with van der Waals surface area (Å²) in [6.45, 7) is 5.09. The zero-order valence-electron chi connectivity index (χ0n) is 10.1. The van der Waals surface area contributed by atoms with Crippen LogP contribution in [0.2, 0.25) is 5.02 Å². The van der Waals surface area contributed by atoms with Crippen LogP contribution in [-0.4, -0.2) is 22.7 Å². The topological polar surface area (TPSA) is 75.3 Å². The van der Waals surface area contributed by atoms with Gasteiger partial charge in [0.2, 0.25) is 0 Å². The van der Waals surface area contributed by atoms with Crippen molar-refractivity contribution in [3.05, 3.63) is 28.8 Å². The van der Waals surface area contributed by atoms with Gasteiger partial charge in [-0.1, -0.05) is 11.6 Å². The second kappa shape index (κ2) is 4.94. The van der Waals surface area contributed by atoms with Crippen molar-refractivity contribution >= 4 is 23.2 Å². The summed E-state index contributed by atoms with van der Waals surface area (Å²) in [6.07, 6.45) is -0.667. The Morgan fingerprint density at radius 2 is 2.12 bits per heavy atom. The van der Waals surface area contributed by atoms with Gasteiger partial charge in [-0.2, -0.15) is 0 Å². The Hall–Kier alpha value is -1.26. The van der Waals surface area contributed by atoms with Crippen molar-refractivity contribution in [1.29, 1.82) is 0 Å². The Morgan fingerprint density at radius 1 is 1.53 bits per heavy atom. The van der Waals surface area contributed by atoms with Gasteiger partial charge in [-0.15, -0.1) is 0 Å². The van der Waals surface area contributed by atoms with Crippen molar-refractivity contribution in [2.45, 2.75) is 32.4 Å². The molecule has 0 spiro atoms. The summed E-state index contributed by atoms with van der Waals surface area (Å²) < 4.78 is 0. The van der Waals surface area contributed by atoms with Crippen molar-refractivity contribution in [1.82, 2.24) is 5.32 Å². The third-order valence-corrected chi connectivity index (χ3v) is 2.97. The average Bonchev–Trinajstić information content (AvgIpc) is 2.15. The molecule has 1 unspecified atom stereocenters. The number of nitrogen functional groups attached to an aromatic ring is 1. The van der Waals surface area contributed by atoms with E-state index in [1.807, 2.05) is 0 Å². The monoisotopic (exact) mass is 256 g/mol. The van der Waals surface area contributed by atoms with Crippen molar-refractivity contribution in [2.24, 2.45) is 0 Å². The number of hydrogen-bond acceptors (Lipinski definition) is 3. The highest BCUT2D eigenvalue weighted by atomic mass is 35.5. The van der Waals surface area contributed by atoms with Gasteiger partial charge >= 0.3 is 0 Å². The zero-order chi connectivity index (χ0) is 13.2. The van der Waals surface area contributed by atoms with Gasteiger partial charge in [-0.25, -0.2) is 0 Å². The molecule has 94 valence electrons. The molecule has 4 N–H and O–H groups in total. The van der Waals surface area contributed by atoms with E-state index in [-0.39, 0.29) is 5.91 Å².